The van der Waals surface area contributed by atoms with Crippen LogP contribution in [0.4, 0.5) is 18.9 Å². The van der Waals surface area contributed by atoms with Gasteiger partial charge in [-0.2, -0.15) is 13.2 Å². The van der Waals surface area contributed by atoms with Gasteiger partial charge in [0.1, 0.15) is 0 Å². The van der Waals surface area contributed by atoms with E-state index in [1.54, 1.807) is 9.80 Å². The minimum absolute atomic E-state index is 0.0361. The van der Waals surface area contributed by atoms with Crippen molar-refractivity contribution < 1.29 is 22.8 Å². The van der Waals surface area contributed by atoms with Gasteiger partial charge in [-0.15, -0.1) is 5.10 Å². The van der Waals surface area contributed by atoms with E-state index in [0.29, 0.717) is 50.9 Å². The molecule has 0 saturated carbocycles. The summed E-state index contributed by atoms with van der Waals surface area (Å²) in [5.41, 5.74) is 5.12. The van der Waals surface area contributed by atoms with Crippen LogP contribution in [0.2, 0.25) is 0 Å². The van der Waals surface area contributed by atoms with Crippen LogP contribution in [0.5, 0.6) is 0 Å². The molecule has 0 unspecified atom stereocenters. The molecule has 3 saturated heterocycles. The third-order valence-corrected chi connectivity index (χ3v) is 10.7. The molecule has 3 aromatic rings. The average Bonchev–Trinajstić information content (AvgIpc) is 3.51. The molecule has 2 amide bonds. The second-order valence-electron chi connectivity index (χ2n) is 13.2. The molecule has 11 nitrogen and oxygen atoms in total. The molecule has 15 heteroatoms. The summed E-state index contributed by atoms with van der Waals surface area (Å²) in [6.07, 6.45) is -2.22. The van der Waals surface area contributed by atoms with Crippen molar-refractivity contribution in [1.29, 1.82) is 0 Å². The lowest BCUT2D eigenvalue weighted by Crippen LogP contribution is -2.53. The number of hydrogen-bond donors (Lipinski definition) is 3. The molecule has 6 rings (SSSR count). The van der Waals surface area contributed by atoms with E-state index in [2.05, 4.69) is 36.2 Å². The van der Waals surface area contributed by atoms with Crippen molar-refractivity contribution in [2.45, 2.75) is 56.8 Å². The fourth-order valence-electron chi connectivity index (χ4n) is 7.32. The number of likely N-dealkylation sites (tertiary alicyclic amines) is 2. The van der Waals surface area contributed by atoms with Crippen molar-refractivity contribution in [2.24, 2.45) is 5.92 Å². The van der Waals surface area contributed by atoms with Crippen LogP contribution in [0.25, 0.3) is 11.4 Å². The lowest BCUT2D eigenvalue weighted by molar-refractivity contribution is -0.143. The number of hydrogen-bond acceptors (Lipinski definition) is 7. The number of amides is 2. The molecule has 3 fully saturated rings. The molecule has 1 atom stereocenters. The Morgan fingerprint density at radius 2 is 1.57 bits per heavy atom. The molecule has 3 aliphatic rings. The van der Waals surface area contributed by atoms with Crippen LogP contribution in [0, 0.1) is 5.92 Å². The molecule has 4 N–H and O–H groups in total. The quantitative estimate of drug-likeness (QED) is 0.298. The normalized spacial score (nSPS) is 19.3. The zero-order valence-corrected chi connectivity index (χ0v) is 28.8. The summed E-state index contributed by atoms with van der Waals surface area (Å²) in [6, 6.07) is 12.0. The first kappa shape index (κ1) is 35.1. The zero-order chi connectivity index (χ0) is 34.7. The number of nitrogens with one attached hydrogen (secondary N) is 2. The van der Waals surface area contributed by atoms with Gasteiger partial charge in [-0.3, -0.25) is 19.5 Å². The molecular weight excluding hydrogens is 705 g/mol. The highest BCUT2D eigenvalue weighted by molar-refractivity contribution is 9.10. The van der Waals surface area contributed by atoms with Gasteiger partial charge in [-0.25, -0.2) is 9.48 Å². The summed E-state index contributed by atoms with van der Waals surface area (Å²) in [5.74, 6) is -0.831. The van der Waals surface area contributed by atoms with Crippen molar-refractivity contribution >= 4 is 33.4 Å². The van der Waals surface area contributed by atoms with Crippen LogP contribution in [0.3, 0.4) is 0 Å². The summed E-state index contributed by atoms with van der Waals surface area (Å²) in [5, 5.41) is 7.87. The van der Waals surface area contributed by atoms with Gasteiger partial charge in [0.25, 0.3) is 0 Å². The number of rotatable bonds is 8. The lowest BCUT2D eigenvalue weighted by Gasteiger charge is -2.41. The first-order valence-electron chi connectivity index (χ1n) is 16.9. The second-order valence-corrected chi connectivity index (χ2v) is 14.0. The van der Waals surface area contributed by atoms with Gasteiger partial charge in [0.15, 0.2) is 5.82 Å². The number of aromatic nitrogens is 3. The number of anilines is 1. The van der Waals surface area contributed by atoms with E-state index < -0.39 is 23.3 Å². The van der Waals surface area contributed by atoms with E-state index in [0.717, 1.165) is 50.7 Å². The summed E-state index contributed by atoms with van der Waals surface area (Å²) < 4.78 is 43.0. The Labute approximate surface area is 291 Å². The molecular formula is C34H42BrF3N8O3. The van der Waals surface area contributed by atoms with Crippen molar-refractivity contribution in [1.82, 2.24) is 34.8 Å². The number of aromatic amines is 1. The smallest absolute Gasteiger partial charge is 0.397 e. The molecule has 4 heterocycles. The van der Waals surface area contributed by atoms with Crippen LogP contribution in [0.15, 0.2) is 51.7 Å². The summed E-state index contributed by atoms with van der Waals surface area (Å²) in [6.45, 7) is 5.60. The van der Waals surface area contributed by atoms with Crippen molar-refractivity contribution in [3.63, 3.8) is 0 Å². The van der Waals surface area contributed by atoms with E-state index in [1.165, 1.54) is 10.7 Å². The van der Waals surface area contributed by atoms with Crippen LogP contribution < -0.4 is 16.7 Å². The predicted molar refractivity (Wildman–Crippen MR) is 183 cm³/mol. The molecule has 264 valence electrons. The first-order valence-corrected chi connectivity index (χ1v) is 17.7. The van der Waals surface area contributed by atoms with Crippen molar-refractivity contribution in [2.75, 3.05) is 58.1 Å². The first-order chi connectivity index (χ1) is 23.5. The Balaban J connectivity index is 1.14. The third-order valence-electron chi connectivity index (χ3n) is 10.0. The van der Waals surface area contributed by atoms with Gasteiger partial charge in [-0.05, 0) is 65.7 Å². The lowest BCUT2D eigenvalue weighted by atomic mass is 9.91. The Morgan fingerprint density at radius 1 is 0.939 bits per heavy atom. The fraction of sp³-hybridized carbons (Fsp3) is 0.529. The van der Waals surface area contributed by atoms with Crippen LogP contribution in [-0.4, -0.2) is 99.7 Å². The number of alkyl halides is 3. The monoisotopic (exact) mass is 746 g/mol. The molecule has 0 bridgehead atoms. The Kier molecular flexibility index (Phi) is 10.8. The molecule has 2 aromatic carbocycles. The highest BCUT2D eigenvalue weighted by atomic mass is 79.9. The molecule has 49 heavy (non-hydrogen) atoms. The van der Waals surface area contributed by atoms with Gasteiger partial charge in [-0.1, -0.05) is 30.3 Å². The van der Waals surface area contributed by atoms with Gasteiger partial charge >= 0.3 is 11.9 Å². The number of carbonyl (C=O) groups excluding carboxylic acids is 2. The number of piperidine rings is 2. The van der Waals surface area contributed by atoms with Gasteiger partial charge < -0.3 is 20.9 Å². The minimum atomic E-state index is -4.67. The number of halogens is 4. The maximum Gasteiger partial charge on any atom is 0.418 e. The number of benzene rings is 2. The fourth-order valence-corrected chi connectivity index (χ4v) is 7.83. The van der Waals surface area contributed by atoms with Crippen LogP contribution >= 0.6 is 15.9 Å². The van der Waals surface area contributed by atoms with E-state index in [-0.39, 0.29) is 46.4 Å². The van der Waals surface area contributed by atoms with Crippen molar-refractivity contribution in [3.05, 3.63) is 68.5 Å². The number of nitrogen functional groups attached to an aromatic ring is 1. The van der Waals surface area contributed by atoms with E-state index in [1.807, 2.05) is 30.3 Å². The van der Waals surface area contributed by atoms with Gasteiger partial charge in [0.2, 0.25) is 11.8 Å². The molecule has 0 radical (unpaired) electrons. The van der Waals surface area contributed by atoms with E-state index in [4.69, 9.17) is 5.73 Å². The van der Waals surface area contributed by atoms with Crippen LogP contribution in [-0.2, 0) is 22.2 Å². The zero-order valence-electron chi connectivity index (χ0n) is 27.2. The summed E-state index contributed by atoms with van der Waals surface area (Å²) in [4.78, 5) is 49.3. The van der Waals surface area contributed by atoms with Gasteiger partial charge in [0.05, 0.1) is 23.2 Å². The van der Waals surface area contributed by atoms with Gasteiger partial charge in [0, 0.05) is 74.9 Å². The maximum atomic E-state index is 14.1. The van der Waals surface area contributed by atoms with Crippen LogP contribution in [0.1, 0.15) is 49.3 Å². The largest absolute Gasteiger partial charge is 0.418 e. The van der Waals surface area contributed by atoms with E-state index >= 15 is 0 Å². The summed E-state index contributed by atoms with van der Waals surface area (Å²) in [7, 11) is 0. The third kappa shape index (κ3) is 8.21. The number of H-pyrrole nitrogens is 1. The Hall–Kier alpha value is -3.69. The SMILES string of the molecule is Nc1c(Br)cc(C[C@@H](CC(=O)N2CCC(n3nc(-c4ccccc4)[nH]c3=O)CC2)C(=O)N2CCC(N3CCNCC3)CC2)cc1C(F)(F)F. The van der Waals surface area contributed by atoms with E-state index in [9.17, 15) is 27.6 Å². The maximum absolute atomic E-state index is 14.1. The highest BCUT2D eigenvalue weighted by Gasteiger charge is 2.37. The predicted octanol–water partition coefficient (Wildman–Crippen LogP) is 3.91. The average molecular weight is 748 g/mol. The number of nitrogens with two attached hydrogens (primary N) is 1. The summed E-state index contributed by atoms with van der Waals surface area (Å²) >= 11 is 3.16. The molecule has 1 aromatic heterocycles. The highest BCUT2D eigenvalue weighted by Crippen LogP contribution is 2.39. The number of piperazine rings is 1. The molecule has 0 spiro atoms. The number of nitrogens with zero attached hydrogens (tertiary/aromatic N) is 5. The topological polar surface area (TPSA) is 133 Å². The Morgan fingerprint density at radius 3 is 2.22 bits per heavy atom. The Bertz CT molecular complexity index is 1680. The molecule has 0 aliphatic carbocycles. The minimum Gasteiger partial charge on any atom is -0.397 e. The number of carbonyl (C=O) groups is 2. The standard InChI is InChI=1S/C34H42BrF3N8O3/c35-28-20-22(19-27(30(28)39)34(36,37)38)18-24(32(48)45-14-6-25(7-15-45)43-16-10-40-11-17-43)21-29(47)44-12-8-26(9-13-44)46-33(49)41-31(42-46)23-4-2-1-3-5-23/h1-5,19-20,24-26,40H,6-18,21,39H2,(H,41,42,49)/t24-/m0/s1. The second kappa shape index (κ2) is 15.1. The molecule has 3 aliphatic heterocycles. The van der Waals surface area contributed by atoms with Crippen molar-refractivity contribution in [3.8, 4) is 11.4 Å².